The van der Waals surface area contributed by atoms with Gasteiger partial charge >= 0.3 is 0 Å². The summed E-state index contributed by atoms with van der Waals surface area (Å²) in [6, 6.07) is 6.39. The smallest absolute Gasteiger partial charge is 0.103 e. The Morgan fingerprint density at radius 3 is 2.41 bits per heavy atom. The van der Waals surface area contributed by atoms with Crippen molar-refractivity contribution in [1.29, 1.82) is 0 Å². The van der Waals surface area contributed by atoms with Crippen molar-refractivity contribution >= 4 is 50.2 Å². The SMILES string of the molecule is CC(C)(C)c1ccc(C(Cl)c2sccc2Br)s1. The van der Waals surface area contributed by atoms with Crippen LogP contribution in [0.2, 0.25) is 0 Å². The first kappa shape index (κ1) is 13.6. The van der Waals surface area contributed by atoms with Crippen LogP contribution >= 0.6 is 50.2 Å². The topological polar surface area (TPSA) is 0 Å². The highest BCUT2D eigenvalue weighted by Gasteiger charge is 2.21. The van der Waals surface area contributed by atoms with E-state index in [9.17, 15) is 0 Å². The molecule has 4 heteroatoms. The minimum absolute atomic E-state index is 0.0366. The molecule has 0 N–H and O–H groups in total. The van der Waals surface area contributed by atoms with E-state index in [1.165, 1.54) is 14.6 Å². The van der Waals surface area contributed by atoms with E-state index in [1.807, 2.05) is 17.4 Å². The highest BCUT2D eigenvalue weighted by atomic mass is 79.9. The Bertz CT molecular complexity index is 507. The Labute approximate surface area is 124 Å². The molecule has 0 aliphatic carbocycles. The van der Waals surface area contributed by atoms with Gasteiger partial charge < -0.3 is 0 Å². The van der Waals surface area contributed by atoms with Crippen LogP contribution < -0.4 is 0 Å². The van der Waals surface area contributed by atoms with Gasteiger partial charge in [0.25, 0.3) is 0 Å². The van der Waals surface area contributed by atoms with Crippen molar-refractivity contribution < 1.29 is 0 Å². The van der Waals surface area contributed by atoms with Crippen molar-refractivity contribution in [2.24, 2.45) is 0 Å². The van der Waals surface area contributed by atoms with Gasteiger partial charge in [0.15, 0.2) is 0 Å². The van der Waals surface area contributed by atoms with Crippen molar-refractivity contribution in [3.8, 4) is 0 Å². The maximum absolute atomic E-state index is 6.53. The van der Waals surface area contributed by atoms with Crippen molar-refractivity contribution in [1.82, 2.24) is 0 Å². The van der Waals surface area contributed by atoms with E-state index < -0.39 is 0 Å². The summed E-state index contributed by atoms with van der Waals surface area (Å²) in [5.41, 5.74) is 0.201. The first-order valence-corrected chi connectivity index (χ1v) is 8.29. The number of hydrogen-bond donors (Lipinski definition) is 0. The van der Waals surface area contributed by atoms with Crippen LogP contribution in [0.5, 0.6) is 0 Å². The van der Waals surface area contributed by atoms with E-state index in [1.54, 1.807) is 11.3 Å². The second-order valence-corrected chi connectivity index (χ2v) is 8.30. The summed E-state index contributed by atoms with van der Waals surface area (Å²) in [5.74, 6) is 0. The van der Waals surface area contributed by atoms with Gasteiger partial charge in [-0.2, -0.15) is 0 Å². The third-order valence-electron chi connectivity index (χ3n) is 2.49. The van der Waals surface area contributed by atoms with Crippen molar-refractivity contribution in [2.75, 3.05) is 0 Å². The fourth-order valence-electron chi connectivity index (χ4n) is 1.51. The molecular formula is C13H14BrClS2. The minimum atomic E-state index is -0.0366. The quantitative estimate of drug-likeness (QED) is 0.566. The van der Waals surface area contributed by atoms with Crippen LogP contribution in [0.25, 0.3) is 0 Å². The second-order valence-electron chi connectivity index (χ2n) is 4.95. The molecule has 2 heterocycles. The lowest BCUT2D eigenvalue weighted by molar-refractivity contribution is 0.604. The summed E-state index contributed by atoms with van der Waals surface area (Å²) in [7, 11) is 0. The van der Waals surface area contributed by atoms with E-state index >= 15 is 0 Å². The van der Waals surface area contributed by atoms with Gasteiger partial charge in [-0.25, -0.2) is 0 Å². The van der Waals surface area contributed by atoms with Gasteiger partial charge in [0.2, 0.25) is 0 Å². The summed E-state index contributed by atoms with van der Waals surface area (Å²) < 4.78 is 1.10. The summed E-state index contributed by atoms with van der Waals surface area (Å²) in [6.45, 7) is 6.69. The van der Waals surface area contributed by atoms with E-state index in [-0.39, 0.29) is 10.8 Å². The molecule has 0 saturated heterocycles. The fraction of sp³-hybridized carbons (Fsp3) is 0.385. The maximum Gasteiger partial charge on any atom is 0.103 e. The summed E-state index contributed by atoms with van der Waals surface area (Å²) in [6.07, 6.45) is 0. The summed E-state index contributed by atoms with van der Waals surface area (Å²) in [4.78, 5) is 3.79. The molecule has 2 aromatic rings. The molecule has 92 valence electrons. The predicted octanol–water partition coefficient (Wildman–Crippen LogP) is 6.20. The van der Waals surface area contributed by atoms with E-state index in [2.05, 4.69) is 54.2 Å². The van der Waals surface area contributed by atoms with Crippen molar-refractivity contribution in [3.05, 3.63) is 42.7 Å². The standard InChI is InChI=1S/C13H14BrClS2/c1-13(2,3)10-5-4-9(17-10)11(15)12-8(14)6-7-16-12/h4-7,11H,1-3H3. The Kier molecular flexibility index (Phi) is 4.03. The molecule has 0 aromatic carbocycles. The lowest BCUT2D eigenvalue weighted by atomic mass is 9.95. The number of thiophene rings is 2. The zero-order chi connectivity index (χ0) is 12.6. The zero-order valence-corrected chi connectivity index (χ0v) is 13.9. The first-order chi connectivity index (χ1) is 7.89. The van der Waals surface area contributed by atoms with Crippen molar-refractivity contribution in [2.45, 2.75) is 31.6 Å². The molecule has 0 nitrogen and oxygen atoms in total. The number of alkyl halides is 1. The van der Waals surface area contributed by atoms with Crippen LogP contribution in [0.1, 0.15) is 40.8 Å². The molecule has 0 aliphatic rings. The molecule has 0 saturated carbocycles. The molecule has 2 rings (SSSR count). The molecule has 0 radical (unpaired) electrons. The number of hydrogen-bond acceptors (Lipinski definition) is 2. The molecule has 0 aliphatic heterocycles. The largest absolute Gasteiger partial charge is 0.146 e. The number of halogens is 2. The van der Waals surface area contributed by atoms with Crippen LogP contribution in [0.3, 0.4) is 0 Å². The third-order valence-corrected chi connectivity index (χ3v) is 6.71. The number of rotatable bonds is 2. The minimum Gasteiger partial charge on any atom is -0.146 e. The average molecular weight is 350 g/mol. The molecule has 0 fully saturated rings. The zero-order valence-electron chi connectivity index (χ0n) is 9.96. The maximum atomic E-state index is 6.53. The van der Waals surface area contributed by atoms with Crippen LogP contribution in [-0.4, -0.2) is 0 Å². The van der Waals surface area contributed by atoms with Gasteiger partial charge in [0, 0.05) is 19.1 Å². The molecule has 0 amide bonds. The van der Waals surface area contributed by atoms with Gasteiger partial charge in [-0.15, -0.1) is 34.3 Å². The Balaban J connectivity index is 2.30. The normalized spacial score (nSPS) is 13.9. The average Bonchev–Trinajstić information content (AvgIpc) is 2.83. The Morgan fingerprint density at radius 2 is 1.94 bits per heavy atom. The fourth-order valence-corrected chi connectivity index (χ4v) is 4.84. The Hall–Kier alpha value is 0.170. The molecule has 0 spiro atoms. The first-order valence-electron chi connectivity index (χ1n) is 5.37. The summed E-state index contributed by atoms with van der Waals surface area (Å²) >= 11 is 13.6. The highest BCUT2D eigenvalue weighted by Crippen LogP contribution is 2.42. The van der Waals surface area contributed by atoms with Gasteiger partial charge in [-0.3, -0.25) is 0 Å². The van der Waals surface area contributed by atoms with Crippen molar-refractivity contribution in [3.63, 3.8) is 0 Å². The second kappa shape index (κ2) is 5.04. The Morgan fingerprint density at radius 1 is 1.24 bits per heavy atom. The van der Waals surface area contributed by atoms with Crippen LogP contribution in [0, 0.1) is 0 Å². The van der Waals surface area contributed by atoms with Crippen LogP contribution in [0.4, 0.5) is 0 Å². The molecule has 17 heavy (non-hydrogen) atoms. The predicted molar refractivity (Wildman–Crippen MR) is 82.7 cm³/mol. The van der Waals surface area contributed by atoms with Gasteiger partial charge in [-0.1, -0.05) is 20.8 Å². The molecular weight excluding hydrogens is 336 g/mol. The van der Waals surface area contributed by atoms with Gasteiger partial charge in [0.1, 0.15) is 5.38 Å². The lowest BCUT2D eigenvalue weighted by Crippen LogP contribution is -2.07. The van der Waals surface area contributed by atoms with Crippen LogP contribution in [0.15, 0.2) is 28.1 Å². The molecule has 2 aromatic heterocycles. The molecule has 1 unspecified atom stereocenters. The van der Waals surface area contributed by atoms with Gasteiger partial charge in [-0.05, 0) is 44.9 Å². The van der Waals surface area contributed by atoms with Crippen LogP contribution in [-0.2, 0) is 5.41 Å². The van der Waals surface area contributed by atoms with E-state index in [4.69, 9.17) is 11.6 Å². The highest BCUT2D eigenvalue weighted by molar-refractivity contribution is 9.10. The molecule has 1 atom stereocenters. The monoisotopic (exact) mass is 348 g/mol. The lowest BCUT2D eigenvalue weighted by Gasteiger charge is -2.15. The molecule has 0 bridgehead atoms. The van der Waals surface area contributed by atoms with E-state index in [0.717, 1.165) is 4.47 Å². The third kappa shape index (κ3) is 2.95. The van der Waals surface area contributed by atoms with E-state index in [0.29, 0.717) is 0 Å². The summed E-state index contributed by atoms with van der Waals surface area (Å²) in [5, 5.41) is 2.03. The van der Waals surface area contributed by atoms with Gasteiger partial charge in [0.05, 0.1) is 0 Å².